The van der Waals surface area contributed by atoms with E-state index in [0.29, 0.717) is 17.4 Å². The first kappa shape index (κ1) is 44.0. The van der Waals surface area contributed by atoms with Crippen LogP contribution in [0.25, 0.3) is 0 Å². The average molecular weight is 665 g/mol. The predicted molar refractivity (Wildman–Crippen MR) is 183 cm³/mol. The second kappa shape index (κ2) is 29.2. The summed E-state index contributed by atoms with van der Waals surface area (Å²) in [6, 6.07) is 0. The average Bonchev–Trinajstić information content (AvgIpc) is 2.97. The van der Waals surface area contributed by atoms with E-state index in [9.17, 15) is 19.0 Å². The molecule has 10 heteroatoms. The van der Waals surface area contributed by atoms with Crippen LogP contribution in [0.2, 0.25) is 0 Å². The van der Waals surface area contributed by atoms with Crippen LogP contribution in [0.5, 0.6) is 0 Å². The SMILES string of the molecule is CCCCCCCCCCCCCCCCCCCCC(=O)OC(COC(=O)CCCCC)COP(=O)(O)OCC[N+](C)(C)C. The van der Waals surface area contributed by atoms with E-state index in [1.165, 1.54) is 96.3 Å². The van der Waals surface area contributed by atoms with Gasteiger partial charge in [0.15, 0.2) is 6.10 Å². The number of carbonyl (C=O) groups is 2. The van der Waals surface area contributed by atoms with E-state index in [-0.39, 0.29) is 32.0 Å². The number of phosphoric acid groups is 1. The zero-order chi connectivity index (χ0) is 33.7. The lowest BCUT2D eigenvalue weighted by Crippen LogP contribution is -2.37. The summed E-state index contributed by atoms with van der Waals surface area (Å²) in [5.74, 6) is -0.819. The molecule has 2 atom stereocenters. The number of hydrogen-bond acceptors (Lipinski definition) is 7. The molecule has 1 N–H and O–H groups in total. The van der Waals surface area contributed by atoms with Crippen LogP contribution in [0.3, 0.4) is 0 Å². The third kappa shape index (κ3) is 32.7. The highest BCUT2D eigenvalue weighted by molar-refractivity contribution is 7.47. The largest absolute Gasteiger partial charge is 0.472 e. The molecular formula is C35H71NO8P+. The van der Waals surface area contributed by atoms with Crippen molar-refractivity contribution >= 4 is 19.8 Å². The highest BCUT2D eigenvalue weighted by Gasteiger charge is 2.27. The van der Waals surface area contributed by atoms with Gasteiger partial charge in [-0.05, 0) is 12.8 Å². The number of quaternary nitrogens is 1. The zero-order valence-electron chi connectivity index (χ0n) is 29.9. The van der Waals surface area contributed by atoms with E-state index in [2.05, 4.69) is 13.8 Å². The molecule has 0 aromatic rings. The quantitative estimate of drug-likeness (QED) is 0.0320. The van der Waals surface area contributed by atoms with E-state index in [0.717, 1.165) is 32.1 Å². The van der Waals surface area contributed by atoms with Gasteiger partial charge in [0, 0.05) is 12.8 Å². The summed E-state index contributed by atoms with van der Waals surface area (Å²) in [4.78, 5) is 34.6. The van der Waals surface area contributed by atoms with Gasteiger partial charge in [0.2, 0.25) is 0 Å². The van der Waals surface area contributed by atoms with Gasteiger partial charge in [-0.1, -0.05) is 136 Å². The first-order valence-corrected chi connectivity index (χ1v) is 19.8. The molecular weight excluding hydrogens is 593 g/mol. The molecule has 2 unspecified atom stereocenters. The number of phosphoric ester groups is 1. The maximum atomic E-state index is 12.5. The molecule has 0 aromatic carbocycles. The topological polar surface area (TPSA) is 108 Å². The van der Waals surface area contributed by atoms with Gasteiger partial charge in [-0.2, -0.15) is 0 Å². The van der Waals surface area contributed by atoms with Crippen LogP contribution >= 0.6 is 7.82 Å². The minimum absolute atomic E-state index is 0.0352. The van der Waals surface area contributed by atoms with Crippen molar-refractivity contribution in [3.63, 3.8) is 0 Å². The van der Waals surface area contributed by atoms with Crippen LogP contribution in [0.15, 0.2) is 0 Å². The van der Waals surface area contributed by atoms with E-state index in [1.54, 1.807) is 0 Å². The van der Waals surface area contributed by atoms with Gasteiger partial charge in [-0.25, -0.2) is 4.57 Å². The minimum atomic E-state index is -4.34. The summed E-state index contributed by atoms with van der Waals surface area (Å²) in [6.45, 7) is 4.24. The number of likely N-dealkylation sites (N-methyl/N-ethyl adjacent to an activating group) is 1. The van der Waals surface area contributed by atoms with Crippen molar-refractivity contribution in [3.8, 4) is 0 Å². The molecule has 0 amide bonds. The highest BCUT2D eigenvalue weighted by atomic mass is 31.2. The molecule has 0 aliphatic rings. The normalized spacial score (nSPS) is 13.8. The summed E-state index contributed by atoms with van der Waals surface area (Å²) in [5, 5.41) is 0. The molecule has 0 aromatic heterocycles. The Kier molecular flexibility index (Phi) is 28.5. The van der Waals surface area contributed by atoms with E-state index >= 15 is 0 Å². The predicted octanol–water partition coefficient (Wildman–Crippen LogP) is 9.29. The molecule has 0 aliphatic carbocycles. The Balaban J connectivity index is 4.13. The zero-order valence-corrected chi connectivity index (χ0v) is 30.8. The van der Waals surface area contributed by atoms with Gasteiger partial charge in [0.25, 0.3) is 0 Å². The Morgan fingerprint density at radius 1 is 0.600 bits per heavy atom. The number of nitrogens with zero attached hydrogens (tertiary/aromatic N) is 1. The smallest absolute Gasteiger partial charge is 0.462 e. The molecule has 45 heavy (non-hydrogen) atoms. The summed E-state index contributed by atoms with van der Waals surface area (Å²) in [7, 11) is 1.48. The standard InChI is InChI=1S/C35H70NO8P/c1-6-8-10-11-12-13-14-15-16-17-18-19-20-21-22-23-24-26-28-35(38)44-33(31-41-34(37)27-25-9-7-2)32-43-45(39,40)42-30-29-36(3,4)5/h33H,6-32H2,1-5H3/p+1. The number of carbonyl (C=O) groups excluding carboxylic acids is 2. The summed E-state index contributed by atoms with van der Waals surface area (Å²) >= 11 is 0. The molecule has 0 saturated carbocycles. The molecule has 0 spiro atoms. The third-order valence-electron chi connectivity index (χ3n) is 7.89. The Hall–Kier alpha value is -0.990. The second-order valence-electron chi connectivity index (χ2n) is 13.6. The first-order chi connectivity index (χ1) is 21.5. The van der Waals surface area contributed by atoms with Crippen LogP contribution in [0.4, 0.5) is 0 Å². The van der Waals surface area contributed by atoms with Crippen molar-refractivity contribution in [2.75, 3.05) is 47.5 Å². The Labute approximate surface area is 276 Å². The summed E-state index contributed by atoms with van der Waals surface area (Å²) < 4.78 is 33.8. The summed E-state index contributed by atoms with van der Waals surface area (Å²) in [5.41, 5.74) is 0. The molecule has 0 rings (SSSR count). The van der Waals surface area contributed by atoms with Crippen molar-refractivity contribution < 1.29 is 42.1 Å². The van der Waals surface area contributed by atoms with Gasteiger partial charge in [-0.3, -0.25) is 18.6 Å². The molecule has 0 radical (unpaired) electrons. The maximum absolute atomic E-state index is 12.5. The first-order valence-electron chi connectivity index (χ1n) is 18.3. The van der Waals surface area contributed by atoms with Crippen molar-refractivity contribution in [1.82, 2.24) is 0 Å². The van der Waals surface area contributed by atoms with Gasteiger partial charge in [0.05, 0.1) is 27.7 Å². The van der Waals surface area contributed by atoms with Crippen molar-refractivity contribution in [2.45, 2.75) is 168 Å². The fraction of sp³-hybridized carbons (Fsp3) is 0.943. The van der Waals surface area contributed by atoms with E-state index < -0.39 is 26.5 Å². The fourth-order valence-electron chi connectivity index (χ4n) is 4.95. The van der Waals surface area contributed by atoms with Crippen LogP contribution in [-0.4, -0.2) is 74.9 Å². The van der Waals surface area contributed by atoms with Crippen LogP contribution in [-0.2, 0) is 32.7 Å². The highest BCUT2D eigenvalue weighted by Crippen LogP contribution is 2.43. The van der Waals surface area contributed by atoms with Crippen LogP contribution in [0.1, 0.15) is 162 Å². The maximum Gasteiger partial charge on any atom is 0.472 e. The van der Waals surface area contributed by atoms with Crippen molar-refractivity contribution in [1.29, 1.82) is 0 Å². The molecule has 9 nitrogen and oxygen atoms in total. The van der Waals surface area contributed by atoms with Crippen LogP contribution < -0.4 is 0 Å². The number of hydrogen-bond donors (Lipinski definition) is 1. The fourth-order valence-corrected chi connectivity index (χ4v) is 5.70. The molecule has 0 heterocycles. The lowest BCUT2D eigenvalue weighted by molar-refractivity contribution is -0.870. The number of ether oxygens (including phenoxy) is 2. The third-order valence-corrected chi connectivity index (χ3v) is 8.87. The van der Waals surface area contributed by atoms with E-state index in [1.807, 2.05) is 21.1 Å². The molecule has 0 aliphatic heterocycles. The number of unbranched alkanes of at least 4 members (excludes halogenated alkanes) is 19. The molecule has 0 bridgehead atoms. The lowest BCUT2D eigenvalue weighted by atomic mass is 10.0. The Morgan fingerprint density at radius 2 is 1.00 bits per heavy atom. The molecule has 0 saturated heterocycles. The Bertz CT molecular complexity index is 758. The monoisotopic (exact) mass is 664 g/mol. The summed E-state index contributed by atoms with van der Waals surface area (Å²) in [6.07, 6.45) is 25.2. The van der Waals surface area contributed by atoms with Gasteiger partial charge in [0.1, 0.15) is 19.8 Å². The number of rotatable bonds is 33. The Morgan fingerprint density at radius 3 is 1.47 bits per heavy atom. The number of esters is 2. The molecule has 0 fully saturated rings. The van der Waals surface area contributed by atoms with Gasteiger partial charge >= 0.3 is 19.8 Å². The molecule has 268 valence electrons. The van der Waals surface area contributed by atoms with Gasteiger partial charge < -0.3 is 18.9 Å². The van der Waals surface area contributed by atoms with Gasteiger partial charge in [-0.15, -0.1) is 0 Å². The van der Waals surface area contributed by atoms with Crippen molar-refractivity contribution in [3.05, 3.63) is 0 Å². The minimum Gasteiger partial charge on any atom is -0.462 e. The van der Waals surface area contributed by atoms with Crippen molar-refractivity contribution in [2.24, 2.45) is 0 Å². The van der Waals surface area contributed by atoms with E-state index in [4.69, 9.17) is 18.5 Å². The second-order valence-corrected chi connectivity index (χ2v) is 15.1. The lowest BCUT2D eigenvalue weighted by Gasteiger charge is -2.24. The van der Waals surface area contributed by atoms with Crippen LogP contribution in [0, 0.1) is 0 Å².